The molecule has 188 valence electrons. The van der Waals surface area contributed by atoms with E-state index in [-0.39, 0.29) is 24.1 Å². The molecule has 0 aromatic rings. The number of methoxy groups -OCH3 is 1. The highest BCUT2D eigenvalue weighted by molar-refractivity contribution is 7.90. The van der Waals surface area contributed by atoms with Gasteiger partial charge >= 0.3 is 0 Å². The second-order valence-corrected chi connectivity index (χ2v) is 12.6. The van der Waals surface area contributed by atoms with Crippen LogP contribution in [0.1, 0.15) is 90.4 Å². The van der Waals surface area contributed by atoms with Gasteiger partial charge in [-0.05, 0) is 82.5 Å². The van der Waals surface area contributed by atoms with E-state index in [1.807, 2.05) is 0 Å². The van der Waals surface area contributed by atoms with Crippen molar-refractivity contribution in [3.05, 3.63) is 0 Å². The average Bonchev–Trinajstić information content (AvgIpc) is 3.26. The van der Waals surface area contributed by atoms with Crippen LogP contribution < -0.4 is 4.72 Å². The number of alkyl halides is 1. The van der Waals surface area contributed by atoms with Gasteiger partial charge in [0.1, 0.15) is 6.17 Å². The van der Waals surface area contributed by atoms with E-state index in [0.717, 1.165) is 63.5 Å². The minimum absolute atomic E-state index is 0.000938. The number of amides is 1. The van der Waals surface area contributed by atoms with E-state index in [1.165, 1.54) is 0 Å². The van der Waals surface area contributed by atoms with Gasteiger partial charge in [-0.2, -0.15) is 5.10 Å². The maximum absolute atomic E-state index is 13.4. The number of hydrogen-bond acceptors (Lipinski definition) is 5. The molecular formula is C24H40FN3O4S. The summed E-state index contributed by atoms with van der Waals surface area (Å²) in [7, 11) is -1.64. The molecule has 0 radical (unpaired) electrons. The summed E-state index contributed by atoms with van der Waals surface area (Å²) in [6.07, 6.45) is 9.37. The van der Waals surface area contributed by atoms with Crippen molar-refractivity contribution in [3.8, 4) is 0 Å². The van der Waals surface area contributed by atoms with Crippen LogP contribution in [0.15, 0.2) is 5.10 Å². The molecule has 4 aliphatic rings. The first-order valence-corrected chi connectivity index (χ1v) is 14.4. The molecule has 0 bridgehead atoms. The van der Waals surface area contributed by atoms with Gasteiger partial charge in [0.05, 0.1) is 17.4 Å². The van der Waals surface area contributed by atoms with E-state index in [4.69, 9.17) is 9.84 Å². The van der Waals surface area contributed by atoms with Crippen molar-refractivity contribution in [3.63, 3.8) is 0 Å². The summed E-state index contributed by atoms with van der Waals surface area (Å²) in [6, 6.07) is 0.0640. The molecule has 3 saturated carbocycles. The van der Waals surface area contributed by atoms with Crippen molar-refractivity contribution in [1.29, 1.82) is 0 Å². The maximum atomic E-state index is 13.4. The third kappa shape index (κ3) is 5.96. The number of nitrogens with zero attached hydrogens (tertiary/aromatic N) is 2. The van der Waals surface area contributed by atoms with Crippen LogP contribution in [-0.4, -0.2) is 61.8 Å². The van der Waals surface area contributed by atoms with Crippen molar-refractivity contribution in [1.82, 2.24) is 9.73 Å². The van der Waals surface area contributed by atoms with Crippen LogP contribution in [-0.2, 0) is 19.6 Å². The number of ether oxygens (including phenoxy) is 1. The molecule has 1 N–H and O–H groups in total. The van der Waals surface area contributed by atoms with Crippen LogP contribution in [0.5, 0.6) is 0 Å². The molecule has 3 unspecified atom stereocenters. The lowest BCUT2D eigenvalue weighted by atomic mass is 9.77. The van der Waals surface area contributed by atoms with E-state index < -0.39 is 21.4 Å². The topological polar surface area (TPSA) is 88.1 Å². The van der Waals surface area contributed by atoms with Gasteiger partial charge in [0.2, 0.25) is 15.9 Å². The number of sulfonamides is 1. The summed E-state index contributed by atoms with van der Waals surface area (Å²) >= 11 is 0. The zero-order chi connectivity index (χ0) is 23.6. The number of rotatable bonds is 6. The first-order chi connectivity index (χ1) is 15.8. The number of carbonyl (C=O) groups is 1. The molecule has 3 aliphatic carbocycles. The number of halogens is 1. The Balaban J connectivity index is 1.32. The quantitative estimate of drug-likeness (QED) is 0.618. The molecule has 4 rings (SSSR count). The number of nitrogens with one attached hydrogen (secondary N) is 1. The van der Waals surface area contributed by atoms with Crippen LogP contribution in [0.2, 0.25) is 0 Å². The lowest BCUT2D eigenvalue weighted by Crippen LogP contribution is -2.44. The average molecular weight is 486 g/mol. The first-order valence-electron chi connectivity index (χ1n) is 12.8. The van der Waals surface area contributed by atoms with Gasteiger partial charge in [0.25, 0.3) is 0 Å². The van der Waals surface area contributed by atoms with Gasteiger partial charge in [-0.15, -0.1) is 0 Å². The monoisotopic (exact) mass is 485 g/mol. The number of hydrogen-bond donors (Lipinski definition) is 1. The van der Waals surface area contributed by atoms with Crippen LogP contribution in [0.3, 0.4) is 0 Å². The molecule has 3 fully saturated rings. The third-order valence-electron chi connectivity index (χ3n) is 8.41. The third-order valence-corrected chi connectivity index (χ3v) is 10.4. The lowest BCUT2D eigenvalue weighted by molar-refractivity contribution is -0.132. The molecule has 33 heavy (non-hydrogen) atoms. The maximum Gasteiger partial charge on any atom is 0.239 e. The Morgan fingerprint density at radius 2 is 1.76 bits per heavy atom. The molecule has 0 spiro atoms. The zero-order valence-electron chi connectivity index (χ0n) is 20.0. The molecule has 1 heterocycles. The van der Waals surface area contributed by atoms with Crippen molar-refractivity contribution in [2.24, 2.45) is 16.9 Å². The van der Waals surface area contributed by atoms with Gasteiger partial charge in [0.15, 0.2) is 0 Å². The van der Waals surface area contributed by atoms with Gasteiger partial charge in [-0.1, -0.05) is 6.42 Å². The Hall–Kier alpha value is -1.06. The second-order valence-electron chi connectivity index (χ2n) is 10.6. The summed E-state index contributed by atoms with van der Waals surface area (Å²) in [6.45, 7) is 1.60. The lowest BCUT2D eigenvalue weighted by Gasteiger charge is -2.35. The predicted molar refractivity (Wildman–Crippen MR) is 126 cm³/mol. The largest absolute Gasteiger partial charge is 0.381 e. The minimum atomic E-state index is -3.41. The summed E-state index contributed by atoms with van der Waals surface area (Å²) in [4.78, 5) is 12.3. The molecular weight excluding hydrogens is 445 g/mol. The molecule has 0 aromatic carbocycles. The molecule has 1 amide bonds. The smallest absolute Gasteiger partial charge is 0.239 e. The van der Waals surface area contributed by atoms with E-state index in [9.17, 15) is 17.6 Å². The second kappa shape index (κ2) is 10.7. The molecule has 0 saturated heterocycles. The molecule has 9 heteroatoms. The highest BCUT2D eigenvalue weighted by Gasteiger charge is 2.41. The highest BCUT2D eigenvalue weighted by atomic mass is 32.2. The SMILES string of the molecule is COC1CCCC(C2CC(C3CCC(NS(=O)(=O)C4CCC(F)CC4)CC3)=NN2C(C)=O)C1. The van der Waals surface area contributed by atoms with E-state index >= 15 is 0 Å². The Bertz CT molecular complexity index is 820. The predicted octanol–water partition coefficient (Wildman–Crippen LogP) is 3.93. The van der Waals surface area contributed by atoms with Crippen LogP contribution in [0, 0.1) is 11.8 Å². The van der Waals surface area contributed by atoms with Gasteiger partial charge in [0, 0.05) is 32.2 Å². The van der Waals surface area contributed by atoms with E-state index in [1.54, 1.807) is 19.0 Å². The summed E-state index contributed by atoms with van der Waals surface area (Å²) < 4.78 is 47.5. The highest BCUT2D eigenvalue weighted by Crippen LogP contribution is 2.38. The van der Waals surface area contributed by atoms with Crippen molar-refractivity contribution < 1.29 is 22.3 Å². The zero-order valence-corrected chi connectivity index (χ0v) is 20.9. The fourth-order valence-electron chi connectivity index (χ4n) is 6.42. The number of carbonyl (C=O) groups excluding carboxylic acids is 1. The van der Waals surface area contributed by atoms with Crippen LogP contribution in [0.25, 0.3) is 0 Å². The summed E-state index contributed by atoms with van der Waals surface area (Å²) in [5.74, 6) is 0.719. The Morgan fingerprint density at radius 1 is 1.06 bits per heavy atom. The summed E-state index contributed by atoms with van der Waals surface area (Å²) in [5, 5.41) is 6.04. The Kier molecular flexibility index (Phi) is 8.11. The van der Waals surface area contributed by atoms with E-state index in [0.29, 0.717) is 37.5 Å². The number of hydrazone groups is 1. The molecule has 0 aromatic heterocycles. The Morgan fingerprint density at radius 3 is 2.39 bits per heavy atom. The van der Waals surface area contributed by atoms with Crippen molar-refractivity contribution in [2.45, 2.75) is 120 Å². The standard InChI is InChI=1S/C24H40FN3O4S/c1-16(29)28-24(18-4-3-5-21(14-18)32-2)15-23(26-28)17-6-10-20(11-7-17)27-33(30,31)22-12-8-19(25)9-13-22/h17-22,24,27H,3-15H2,1-2H3. The van der Waals surface area contributed by atoms with Crippen molar-refractivity contribution >= 4 is 21.6 Å². The minimum Gasteiger partial charge on any atom is -0.381 e. The van der Waals surface area contributed by atoms with Crippen molar-refractivity contribution in [2.75, 3.05) is 7.11 Å². The van der Waals surface area contributed by atoms with Gasteiger partial charge < -0.3 is 4.74 Å². The summed E-state index contributed by atoms with van der Waals surface area (Å²) in [5.41, 5.74) is 1.11. The molecule has 1 aliphatic heterocycles. The fraction of sp³-hybridized carbons (Fsp3) is 0.917. The fourth-order valence-corrected chi connectivity index (χ4v) is 8.21. The van der Waals surface area contributed by atoms with E-state index in [2.05, 4.69) is 4.72 Å². The molecule has 7 nitrogen and oxygen atoms in total. The first kappa shape index (κ1) is 25.0. The normalized spacial score (nSPS) is 38.2. The van der Waals surface area contributed by atoms with Gasteiger partial charge in [-0.25, -0.2) is 22.5 Å². The van der Waals surface area contributed by atoms with Gasteiger partial charge in [-0.3, -0.25) is 4.79 Å². The Labute approximate surface area is 197 Å². The van der Waals surface area contributed by atoms with Crippen LogP contribution in [0.4, 0.5) is 4.39 Å². The molecule has 3 atom stereocenters. The van der Waals surface area contributed by atoms with Crippen LogP contribution >= 0.6 is 0 Å².